The predicted molar refractivity (Wildman–Crippen MR) is 130 cm³/mol. The second-order valence-corrected chi connectivity index (χ2v) is 8.56. The molecule has 1 aliphatic heterocycles. The fourth-order valence-corrected chi connectivity index (χ4v) is 4.90. The van der Waals surface area contributed by atoms with E-state index in [-0.39, 0.29) is 23.8 Å². The van der Waals surface area contributed by atoms with E-state index in [0.29, 0.717) is 24.5 Å². The number of ether oxygens (including phenoxy) is 1. The van der Waals surface area contributed by atoms with Crippen molar-refractivity contribution >= 4 is 23.3 Å². The van der Waals surface area contributed by atoms with Crippen molar-refractivity contribution in [1.29, 1.82) is 0 Å². The number of thiocarbonyl (C=S) groups is 1. The van der Waals surface area contributed by atoms with Gasteiger partial charge in [-0.2, -0.15) is 0 Å². The summed E-state index contributed by atoms with van der Waals surface area (Å²) >= 11 is 5.73. The molecule has 0 amide bonds. The first-order valence-electron chi connectivity index (χ1n) is 10.9. The molecule has 1 saturated heterocycles. The van der Waals surface area contributed by atoms with Crippen molar-refractivity contribution in [2.75, 3.05) is 13.7 Å². The van der Waals surface area contributed by atoms with Crippen LogP contribution >= 0.6 is 12.2 Å². The van der Waals surface area contributed by atoms with Crippen molar-refractivity contribution in [3.63, 3.8) is 0 Å². The minimum atomic E-state index is -0.226. The van der Waals surface area contributed by atoms with Gasteiger partial charge in [0, 0.05) is 36.2 Å². The lowest BCUT2D eigenvalue weighted by Gasteiger charge is -2.28. The summed E-state index contributed by atoms with van der Waals surface area (Å²) in [6.45, 7) is 4.79. The number of aromatic nitrogens is 2. The maximum atomic E-state index is 11.7. The number of aromatic hydroxyl groups is 1. The summed E-state index contributed by atoms with van der Waals surface area (Å²) in [7, 11) is 1.41. The molecule has 1 fully saturated rings. The zero-order chi connectivity index (χ0) is 23.5. The van der Waals surface area contributed by atoms with E-state index in [1.54, 1.807) is 18.3 Å². The second kappa shape index (κ2) is 9.62. The van der Waals surface area contributed by atoms with Crippen LogP contribution in [0.3, 0.4) is 0 Å². The third-order valence-electron chi connectivity index (χ3n) is 6.10. The van der Waals surface area contributed by atoms with Crippen LogP contribution in [0.15, 0.2) is 54.7 Å². The number of aryl methyl sites for hydroxylation is 1. The number of carbonyl (C=O) groups excluding carboxylic acids is 1. The Kier molecular flexibility index (Phi) is 6.65. The molecule has 1 aromatic carbocycles. The maximum Gasteiger partial charge on any atom is 0.305 e. The average Bonchev–Trinajstić information content (AvgIpc) is 3.30. The monoisotopic (exact) mass is 464 g/mol. The number of rotatable bonds is 7. The number of benzene rings is 1. The SMILES string of the molecule is COC(=O)CCCN1C(=S)N[C@H](c2ccccn2)[C@H]1c1cc(C)n(-c2ccc(O)cc2)c1C. The molecule has 0 spiro atoms. The van der Waals surface area contributed by atoms with Crippen LogP contribution in [0.5, 0.6) is 5.75 Å². The lowest BCUT2D eigenvalue weighted by Crippen LogP contribution is -2.31. The number of nitrogens with one attached hydrogen (secondary N) is 1. The molecule has 7 nitrogen and oxygen atoms in total. The fourth-order valence-electron chi connectivity index (χ4n) is 4.57. The molecule has 2 aromatic heterocycles. The highest BCUT2D eigenvalue weighted by Crippen LogP contribution is 2.41. The van der Waals surface area contributed by atoms with Gasteiger partial charge in [-0.15, -0.1) is 0 Å². The molecule has 0 saturated carbocycles. The molecular formula is C25H28N4O3S. The number of pyridine rings is 1. The van der Waals surface area contributed by atoms with Crippen LogP contribution in [0.1, 0.15) is 47.6 Å². The average molecular weight is 465 g/mol. The van der Waals surface area contributed by atoms with E-state index in [4.69, 9.17) is 17.0 Å². The largest absolute Gasteiger partial charge is 0.508 e. The molecule has 3 heterocycles. The third kappa shape index (κ3) is 4.57. The Bertz CT molecular complexity index is 1140. The van der Waals surface area contributed by atoms with Crippen molar-refractivity contribution in [3.8, 4) is 11.4 Å². The third-order valence-corrected chi connectivity index (χ3v) is 6.45. The molecule has 0 bridgehead atoms. The minimum Gasteiger partial charge on any atom is -0.508 e. The van der Waals surface area contributed by atoms with Crippen LogP contribution in [0.2, 0.25) is 0 Å². The van der Waals surface area contributed by atoms with Crippen molar-refractivity contribution < 1.29 is 14.6 Å². The Morgan fingerprint density at radius 2 is 1.97 bits per heavy atom. The Morgan fingerprint density at radius 1 is 1.21 bits per heavy atom. The summed E-state index contributed by atoms with van der Waals surface area (Å²) < 4.78 is 6.98. The molecule has 2 atom stereocenters. The zero-order valence-electron chi connectivity index (χ0n) is 19.0. The summed E-state index contributed by atoms with van der Waals surface area (Å²) in [6, 6.07) is 15.1. The molecule has 0 unspecified atom stereocenters. The lowest BCUT2D eigenvalue weighted by molar-refractivity contribution is -0.140. The number of hydrogen-bond acceptors (Lipinski definition) is 5. The molecule has 2 N–H and O–H groups in total. The van der Waals surface area contributed by atoms with E-state index in [2.05, 4.69) is 39.7 Å². The first kappa shape index (κ1) is 22.8. The van der Waals surface area contributed by atoms with E-state index in [1.165, 1.54) is 7.11 Å². The summed E-state index contributed by atoms with van der Waals surface area (Å²) in [4.78, 5) is 18.4. The Balaban J connectivity index is 1.74. The smallest absolute Gasteiger partial charge is 0.305 e. The summed E-state index contributed by atoms with van der Waals surface area (Å²) in [5.41, 5.74) is 5.21. The van der Waals surface area contributed by atoms with Crippen molar-refractivity contribution in [3.05, 3.63) is 77.4 Å². The number of nitrogens with zero attached hydrogens (tertiary/aromatic N) is 3. The van der Waals surface area contributed by atoms with E-state index in [1.807, 2.05) is 30.3 Å². The van der Waals surface area contributed by atoms with Gasteiger partial charge in [-0.05, 0) is 80.5 Å². The van der Waals surface area contributed by atoms with Gasteiger partial charge in [0.15, 0.2) is 5.11 Å². The molecule has 172 valence electrons. The Labute approximate surface area is 199 Å². The summed E-state index contributed by atoms with van der Waals surface area (Å²) in [6.07, 6.45) is 2.76. The molecule has 3 aromatic rings. The van der Waals surface area contributed by atoms with Crippen LogP contribution in [0, 0.1) is 13.8 Å². The summed E-state index contributed by atoms with van der Waals surface area (Å²) in [5.74, 6) is 0.00943. The number of phenolic OH excluding ortho intramolecular Hbond substituents is 1. The molecule has 1 aliphatic rings. The molecule has 4 rings (SSSR count). The number of hydrogen-bond donors (Lipinski definition) is 2. The van der Waals surface area contributed by atoms with Crippen molar-refractivity contribution in [2.45, 2.75) is 38.8 Å². The van der Waals surface area contributed by atoms with Gasteiger partial charge in [0.25, 0.3) is 0 Å². The molecule has 33 heavy (non-hydrogen) atoms. The quantitative estimate of drug-likeness (QED) is 0.402. The first-order valence-corrected chi connectivity index (χ1v) is 11.3. The van der Waals surface area contributed by atoms with Crippen molar-refractivity contribution in [2.24, 2.45) is 0 Å². The van der Waals surface area contributed by atoms with Crippen LogP contribution in [-0.2, 0) is 9.53 Å². The molecule has 0 radical (unpaired) electrons. The van der Waals surface area contributed by atoms with Gasteiger partial charge in [-0.25, -0.2) is 0 Å². The highest BCUT2D eigenvalue weighted by molar-refractivity contribution is 7.80. The second-order valence-electron chi connectivity index (χ2n) is 8.18. The van der Waals surface area contributed by atoms with Gasteiger partial charge in [-0.3, -0.25) is 9.78 Å². The van der Waals surface area contributed by atoms with E-state index >= 15 is 0 Å². The van der Waals surface area contributed by atoms with Crippen LogP contribution in [-0.4, -0.2) is 44.3 Å². The van der Waals surface area contributed by atoms with E-state index < -0.39 is 0 Å². The normalized spacial score (nSPS) is 17.8. The van der Waals surface area contributed by atoms with Gasteiger partial charge < -0.3 is 24.6 Å². The lowest BCUT2D eigenvalue weighted by atomic mass is 9.96. The number of phenols is 1. The highest BCUT2D eigenvalue weighted by atomic mass is 32.1. The van der Waals surface area contributed by atoms with E-state index in [0.717, 1.165) is 28.3 Å². The van der Waals surface area contributed by atoms with Gasteiger partial charge in [0.05, 0.1) is 24.9 Å². The fraction of sp³-hybridized carbons (Fsp3) is 0.320. The van der Waals surface area contributed by atoms with Gasteiger partial charge in [0.1, 0.15) is 5.75 Å². The van der Waals surface area contributed by atoms with Crippen LogP contribution in [0.25, 0.3) is 5.69 Å². The topological polar surface area (TPSA) is 79.6 Å². The summed E-state index contributed by atoms with van der Waals surface area (Å²) in [5, 5.41) is 13.8. The van der Waals surface area contributed by atoms with E-state index in [9.17, 15) is 9.90 Å². The van der Waals surface area contributed by atoms with Crippen LogP contribution in [0.4, 0.5) is 0 Å². The molecular weight excluding hydrogens is 436 g/mol. The van der Waals surface area contributed by atoms with Gasteiger partial charge in [0.2, 0.25) is 0 Å². The van der Waals surface area contributed by atoms with Crippen LogP contribution < -0.4 is 5.32 Å². The minimum absolute atomic E-state index is 0.0814. The Morgan fingerprint density at radius 3 is 2.64 bits per heavy atom. The van der Waals surface area contributed by atoms with Crippen molar-refractivity contribution in [1.82, 2.24) is 19.8 Å². The molecule has 0 aliphatic carbocycles. The number of methoxy groups -OCH3 is 1. The highest BCUT2D eigenvalue weighted by Gasteiger charge is 2.41. The molecule has 8 heteroatoms. The zero-order valence-corrected chi connectivity index (χ0v) is 19.8. The predicted octanol–water partition coefficient (Wildman–Crippen LogP) is 4.12. The first-order chi connectivity index (χ1) is 15.9. The maximum absolute atomic E-state index is 11.7. The standard InChI is InChI=1S/C25H28N4O3S/c1-16-15-20(17(2)29(16)18-9-11-19(30)12-10-18)24-23(21-7-4-5-13-26-21)27-25(33)28(24)14-6-8-22(31)32-3/h4-5,7,9-13,15,23-24,30H,6,8,14H2,1-3H3,(H,27,33)/t23-,24-/m1/s1. The number of esters is 1. The Hall–Kier alpha value is -3.39. The number of carbonyl (C=O) groups is 1. The van der Waals surface area contributed by atoms with Gasteiger partial charge in [-0.1, -0.05) is 6.07 Å². The van der Waals surface area contributed by atoms with Gasteiger partial charge >= 0.3 is 5.97 Å².